The fraction of sp³-hybridized carbons (Fsp3) is 0.188. The predicted molar refractivity (Wildman–Crippen MR) is 88.2 cm³/mol. The zero-order valence-electron chi connectivity index (χ0n) is 13.4. The Bertz CT molecular complexity index is 927. The van der Waals surface area contributed by atoms with E-state index in [1.165, 1.54) is 18.2 Å². The number of halogens is 4. The van der Waals surface area contributed by atoms with Crippen LogP contribution in [0.5, 0.6) is 0 Å². The molecule has 2 N–H and O–H groups in total. The van der Waals surface area contributed by atoms with E-state index in [9.17, 15) is 30.8 Å². The van der Waals surface area contributed by atoms with E-state index in [0.29, 0.717) is 12.6 Å². The van der Waals surface area contributed by atoms with E-state index >= 15 is 0 Å². The zero-order chi connectivity index (χ0) is 19.5. The monoisotopic (exact) mass is 390 g/mol. The number of benzene rings is 2. The molecule has 0 spiro atoms. The van der Waals surface area contributed by atoms with Crippen LogP contribution in [0.4, 0.5) is 28.9 Å². The Kier molecular flexibility index (Phi) is 5.55. The first kappa shape index (κ1) is 19.7. The maximum absolute atomic E-state index is 13.7. The zero-order valence-corrected chi connectivity index (χ0v) is 14.2. The van der Waals surface area contributed by atoms with Crippen LogP contribution in [0.2, 0.25) is 0 Å². The molecule has 2 aromatic carbocycles. The third kappa shape index (κ3) is 3.96. The number of amides is 1. The summed E-state index contributed by atoms with van der Waals surface area (Å²) in [4.78, 5) is 11.2. The lowest BCUT2D eigenvalue weighted by Gasteiger charge is -2.15. The summed E-state index contributed by atoms with van der Waals surface area (Å²) in [6, 6.07) is 7.57. The van der Waals surface area contributed by atoms with Gasteiger partial charge in [-0.15, -0.1) is 0 Å². The van der Waals surface area contributed by atoms with Crippen molar-refractivity contribution < 1.29 is 30.8 Å². The van der Waals surface area contributed by atoms with Crippen molar-refractivity contribution in [1.29, 1.82) is 0 Å². The molecule has 2 aromatic rings. The summed E-state index contributed by atoms with van der Waals surface area (Å²) in [5, 5.41) is 5.02. The minimum Gasteiger partial charge on any atom is -0.384 e. The van der Waals surface area contributed by atoms with Gasteiger partial charge in [-0.2, -0.15) is 13.2 Å². The van der Waals surface area contributed by atoms with Crippen LogP contribution in [0.1, 0.15) is 17.3 Å². The minimum absolute atomic E-state index is 0.193. The van der Waals surface area contributed by atoms with Crippen molar-refractivity contribution in [1.82, 2.24) is 0 Å². The molecule has 0 aliphatic carbocycles. The maximum atomic E-state index is 13.7. The molecule has 5 nitrogen and oxygen atoms in total. The highest BCUT2D eigenvalue weighted by atomic mass is 32.2. The van der Waals surface area contributed by atoms with E-state index in [2.05, 4.69) is 10.6 Å². The first-order chi connectivity index (χ1) is 12.1. The Balaban J connectivity index is 2.47. The highest BCUT2D eigenvalue weighted by Gasteiger charge is 2.47. The van der Waals surface area contributed by atoms with Gasteiger partial charge in [0.15, 0.2) is 0 Å². The normalized spacial score (nSPS) is 11.9. The molecule has 1 amide bonds. The van der Waals surface area contributed by atoms with Gasteiger partial charge < -0.3 is 10.6 Å². The van der Waals surface area contributed by atoms with E-state index < -0.39 is 32.0 Å². The van der Waals surface area contributed by atoms with Crippen LogP contribution in [0.15, 0.2) is 47.4 Å². The van der Waals surface area contributed by atoms with Gasteiger partial charge in [-0.3, -0.25) is 4.79 Å². The summed E-state index contributed by atoms with van der Waals surface area (Å²) >= 11 is 0. The molecule has 0 aliphatic rings. The van der Waals surface area contributed by atoms with Gasteiger partial charge in [0.25, 0.3) is 15.7 Å². The van der Waals surface area contributed by atoms with E-state index in [-0.39, 0.29) is 16.9 Å². The number of rotatable bonds is 5. The van der Waals surface area contributed by atoms with Crippen molar-refractivity contribution in [3.05, 3.63) is 53.8 Å². The smallest absolute Gasteiger partial charge is 0.384 e. The Hall–Kier alpha value is -2.62. The Labute approximate surface area is 146 Å². The van der Waals surface area contributed by atoms with Gasteiger partial charge in [-0.05, 0) is 37.3 Å². The lowest BCUT2D eigenvalue weighted by Crippen LogP contribution is -2.23. The van der Waals surface area contributed by atoms with Crippen LogP contribution in [0.25, 0.3) is 0 Å². The molecule has 0 unspecified atom stereocenters. The first-order valence-corrected chi connectivity index (χ1v) is 8.81. The molecular formula is C16H14F4N2O3S. The van der Waals surface area contributed by atoms with Gasteiger partial charge in [0.1, 0.15) is 5.82 Å². The molecule has 140 valence electrons. The standard InChI is InChI=1S/C16H14F4N2O3S/c1-2-21-13-8-7-10(26(24,25)16(18,19)20)9-14(13)22-15(23)11-5-3-4-6-12(11)17/h3-9,21H,2H2,1H3,(H,22,23). The van der Waals surface area contributed by atoms with Crippen molar-refractivity contribution >= 4 is 27.1 Å². The quantitative estimate of drug-likeness (QED) is 0.762. The Morgan fingerprint density at radius 3 is 2.31 bits per heavy atom. The maximum Gasteiger partial charge on any atom is 0.501 e. The number of hydrogen-bond donors (Lipinski definition) is 2. The Morgan fingerprint density at radius 2 is 1.73 bits per heavy atom. The third-order valence-corrected chi connectivity index (χ3v) is 4.82. The molecule has 0 heterocycles. The lowest BCUT2D eigenvalue weighted by molar-refractivity contribution is -0.0436. The first-order valence-electron chi connectivity index (χ1n) is 7.33. The molecule has 10 heteroatoms. The van der Waals surface area contributed by atoms with Crippen molar-refractivity contribution in [2.45, 2.75) is 17.3 Å². The van der Waals surface area contributed by atoms with Crippen molar-refractivity contribution in [3.63, 3.8) is 0 Å². The average molecular weight is 390 g/mol. The molecule has 0 saturated carbocycles. The van der Waals surface area contributed by atoms with Crippen LogP contribution < -0.4 is 10.6 Å². The second-order valence-electron chi connectivity index (χ2n) is 5.12. The second kappa shape index (κ2) is 7.32. The summed E-state index contributed by atoms with van der Waals surface area (Å²) in [6.45, 7) is 2.05. The van der Waals surface area contributed by atoms with Gasteiger partial charge in [0.2, 0.25) is 0 Å². The third-order valence-electron chi connectivity index (χ3n) is 3.34. The van der Waals surface area contributed by atoms with Crippen LogP contribution in [0, 0.1) is 5.82 Å². The summed E-state index contributed by atoms with van der Waals surface area (Å²) in [5.41, 5.74) is -5.85. The summed E-state index contributed by atoms with van der Waals surface area (Å²) in [7, 11) is -5.59. The Morgan fingerprint density at radius 1 is 1.08 bits per heavy atom. The van der Waals surface area contributed by atoms with Gasteiger partial charge in [0.05, 0.1) is 21.8 Å². The number of hydrogen-bond acceptors (Lipinski definition) is 4. The van der Waals surface area contributed by atoms with E-state index in [1.54, 1.807) is 6.92 Å². The van der Waals surface area contributed by atoms with E-state index in [0.717, 1.165) is 18.2 Å². The topological polar surface area (TPSA) is 75.3 Å². The van der Waals surface area contributed by atoms with Crippen molar-refractivity contribution in [2.24, 2.45) is 0 Å². The number of nitrogens with one attached hydrogen (secondary N) is 2. The molecule has 0 aliphatic heterocycles. The summed E-state index contributed by atoms with van der Waals surface area (Å²) in [6.07, 6.45) is 0. The van der Waals surface area contributed by atoms with E-state index in [4.69, 9.17) is 0 Å². The summed E-state index contributed by atoms with van der Waals surface area (Å²) < 4.78 is 75.0. The number of alkyl halides is 3. The van der Waals surface area contributed by atoms with Crippen LogP contribution in [-0.4, -0.2) is 26.4 Å². The fourth-order valence-electron chi connectivity index (χ4n) is 2.11. The number of anilines is 2. The molecule has 0 bridgehead atoms. The molecular weight excluding hydrogens is 376 g/mol. The van der Waals surface area contributed by atoms with Gasteiger partial charge >= 0.3 is 5.51 Å². The number of carbonyl (C=O) groups is 1. The highest BCUT2D eigenvalue weighted by molar-refractivity contribution is 7.92. The molecule has 26 heavy (non-hydrogen) atoms. The molecule has 0 fully saturated rings. The summed E-state index contributed by atoms with van der Waals surface area (Å²) in [5.74, 6) is -1.75. The van der Waals surface area contributed by atoms with Crippen LogP contribution in [0.3, 0.4) is 0 Å². The lowest BCUT2D eigenvalue weighted by atomic mass is 10.2. The van der Waals surface area contributed by atoms with E-state index in [1.807, 2.05) is 0 Å². The SMILES string of the molecule is CCNc1ccc(S(=O)(=O)C(F)(F)F)cc1NC(=O)c1ccccc1F. The number of sulfone groups is 1. The van der Waals surface area contributed by atoms with Crippen molar-refractivity contribution in [2.75, 3.05) is 17.2 Å². The van der Waals surface area contributed by atoms with Gasteiger partial charge in [-0.25, -0.2) is 12.8 Å². The minimum atomic E-state index is -5.59. The molecule has 2 rings (SSSR count). The van der Waals surface area contributed by atoms with Gasteiger partial charge in [0, 0.05) is 6.54 Å². The highest BCUT2D eigenvalue weighted by Crippen LogP contribution is 2.34. The largest absolute Gasteiger partial charge is 0.501 e. The van der Waals surface area contributed by atoms with Crippen LogP contribution >= 0.6 is 0 Å². The molecule has 0 radical (unpaired) electrons. The molecule has 0 atom stereocenters. The predicted octanol–water partition coefficient (Wildman–Crippen LogP) is 3.80. The van der Waals surface area contributed by atoms with Gasteiger partial charge in [-0.1, -0.05) is 12.1 Å². The number of carbonyl (C=O) groups excluding carboxylic acids is 1. The fourth-order valence-corrected chi connectivity index (χ4v) is 2.89. The second-order valence-corrected chi connectivity index (χ2v) is 7.06. The molecule has 0 saturated heterocycles. The average Bonchev–Trinajstić information content (AvgIpc) is 2.55. The van der Waals surface area contributed by atoms with Crippen molar-refractivity contribution in [3.8, 4) is 0 Å². The molecule has 0 aromatic heterocycles. The van der Waals surface area contributed by atoms with Crippen LogP contribution in [-0.2, 0) is 9.84 Å².